The van der Waals surface area contributed by atoms with E-state index in [2.05, 4.69) is 9.97 Å². The third-order valence-electron chi connectivity index (χ3n) is 3.58. The maximum atomic E-state index is 13.6. The number of fused-ring (bicyclic) bond motifs is 1. The van der Waals surface area contributed by atoms with E-state index < -0.39 is 17.7 Å². The predicted octanol–water partition coefficient (Wildman–Crippen LogP) is 2.84. The molecule has 0 spiro atoms. The number of carboxylic acid groups (broad SMARTS) is 1. The van der Waals surface area contributed by atoms with E-state index in [0.29, 0.717) is 24.2 Å². The lowest BCUT2D eigenvalue weighted by atomic mass is 9.82. The normalized spacial score (nSPS) is 22.8. The fraction of sp³-hybridized carbons (Fsp3) is 0.286. The van der Waals surface area contributed by atoms with Crippen LogP contribution in [0.1, 0.15) is 24.6 Å². The molecule has 1 heterocycles. The second kappa shape index (κ2) is 4.50. The number of benzene rings is 1. The number of rotatable bonds is 2. The lowest BCUT2D eigenvalue weighted by Crippen LogP contribution is -2.24. The van der Waals surface area contributed by atoms with Gasteiger partial charge in [0, 0.05) is 5.92 Å². The Hall–Kier alpha value is -2.17. The first kappa shape index (κ1) is 11.9. The van der Waals surface area contributed by atoms with Crippen LogP contribution < -0.4 is 0 Å². The van der Waals surface area contributed by atoms with Gasteiger partial charge < -0.3 is 10.1 Å². The topological polar surface area (TPSA) is 66.0 Å². The number of hydrogen-bond donors (Lipinski definition) is 2. The molecule has 3 rings (SSSR count). The van der Waals surface area contributed by atoms with Gasteiger partial charge in [0.05, 0.1) is 11.4 Å². The molecule has 5 heteroatoms. The average molecular weight is 260 g/mol. The Kier molecular flexibility index (Phi) is 2.81. The van der Waals surface area contributed by atoms with Crippen molar-refractivity contribution >= 4 is 17.0 Å². The van der Waals surface area contributed by atoms with E-state index in [9.17, 15) is 14.3 Å². The van der Waals surface area contributed by atoms with Crippen LogP contribution in [0.4, 0.5) is 4.39 Å². The summed E-state index contributed by atoms with van der Waals surface area (Å²) in [6, 6.07) is 4.70. The molecule has 0 saturated carbocycles. The summed E-state index contributed by atoms with van der Waals surface area (Å²) in [5, 5.41) is 9.25. The van der Waals surface area contributed by atoms with Gasteiger partial charge in [-0.2, -0.15) is 0 Å². The van der Waals surface area contributed by atoms with Gasteiger partial charge in [-0.15, -0.1) is 0 Å². The van der Waals surface area contributed by atoms with Crippen LogP contribution in [0.15, 0.2) is 30.4 Å². The molecule has 2 N–H and O–H groups in total. The Labute approximate surface area is 109 Å². The van der Waals surface area contributed by atoms with Crippen LogP contribution in [0.5, 0.6) is 0 Å². The molecule has 2 aromatic rings. The van der Waals surface area contributed by atoms with Gasteiger partial charge in [-0.25, -0.2) is 9.37 Å². The number of aliphatic carboxylic acids is 1. The zero-order valence-corrected chi connectivity index (χ0v) is 10.1. The van der Waals surface area contributed by atoms with Crippen LogP contribution in [0.3, 0.4) is 0 Å². The van der Waals surface area contributed by atoms with Crippen LogP contribution >= 0.6 is 0 Å². The Bertz CT molecular complexity index is 663. The molecule has 1 aliphatic carbocycles. The highest BCUT2D eigenvalue weighted by Gasteiger charge is 2.32. The average Bonchev–Trinajstić information content (AvgIpc) is 2.84. The fourth-order valence-corrected chi connectivity index (χ4v) is 2.58. The van der Waals surface area contributed by atoms with Crippen molar-refractivity contribution in [2.24, 2.45) is 5.92 Å². The van der Waals surface area contributed by atoms with Crippen LogP contribution in [0.25, 0.3) is 11.0 Å². The van der Waals surface area contributed by atoms with Gasteiger partial charge in [-0.1, -0.05) is 18.2 Å². The second-order valence-electron chi connectivity index (χ2n) is 4.75. The highest BCUT2D eigenvalue weighted by molar-refractivity contribution is 5.76. The first-order chi connectivity index (χ1) is 9.16. The van der Waals surface area contributed by atoms with E-state index in [1.165, 1.54) is 6.07 Å². The number of H-pyrrole nitrogens is 1. The molecule has 1 aromatic carbocycles. The Morgan fingerprint density at radius 1 is 1.37 bits per heavy atom. The van der Waals surface area contributed by atoms with Gasteiger partial charge >= 0.3 is 5.97 Å². The quantitative estimate of drug-likeness (QED) is 0.816. The molecule has 19 heavy (non-hydrogen) atoms. The zero-order chi connectivity index (χ0) is 13.4. The van der Waals surface area contributed by atoms with E-state index in [1.54, 1.807) is 12.1 Å². The number of aromatic nitrogens is 2. The Morgan fingerprint density at radius 3 is 2.89 bits per heavy atom. The smallest absolute Gasteiger partial charge is 0.307 e. The molecular formula is C14H13FN2O2. The summed E-state index contributed by atoms with van der Waals surface area (Å²) in [5.74, 6) is -1.41. The van der Waals surface area contributed by atoms with Crippen molar-refractivity contribution < 1.29 is 14.3 Å². The van der Waals surface area contributed by atoms with Crippen LogP contribution in [0, 0.1) is 11.7 Å². The SMILES string of the molecule is O=C(O)C1CC=CCC1c1nc2c(F)cccc2[nH]1. The second-order valence-corrected chi connectivity index (χ2v) is 4.75. The lowest BCUT2D eigenvalue weighted by Gasteiger charge is -2.23. The number of allylic oxidation sites excluding steroid dienone is 2. The molecule has 1 aliphatic rings. The minimum Gasteiger partial charge on any atom is -0.481 e. The molecule has 4 nitrogen and oxygen atoms in total. The molecule has 1 aromatic heterocycles. The first-order valence-corrected chi connectivity index (χ1v) is 6.18. The molecule has 0 fully saturated rings. The zero-order valence-electron chi connectivity index (χ0n) is 10.1. The van der Waals surface area contributed by atoms with Gasteiger partial charge in [0.1, 0.15) is 11.3 Å². The number of aromatic amines is 1. The number of carbonyl (C=O) groups is 1. The number of carboxylic acids is 1. The van der Waals surface area contributed by atoms with Crippen molar-refractivity contribution in [1.82, 2.24) is 9.97 Å². The van der Waals surface area contributed by atoms with Gasteiger partial charge in [0.2, 0.25) is 0 Å². The molecule has 0 aliphatic heterocycles. The van der Waals surface area contributed by atoms with Crippen molar-refractivity contribution in [2.75, 3.05) is 0 Å². The predicted molar refractivity (Wildman–Crippen MR) is 68.3 cm³/mol. The van der Waals surface area contributed by atoms with Crippen molar-refractivity contribution in [2.45, 2.75) is 18.8 Å². The highest BCUT2D eigenvalue weighted by atomic mass is 19.1. The number of imidazole rings is 1. The maximum absolute atomic E-state index is 13.6. The molecule has 0 saturated heterocycles. The Balaban J connectivity index is 2.05. The molecule has 0 bridgehead atoms. The summed E-state index contributed by atoms with van der Waals surface area (Å²) in [7, 11) is 0. The minimum absolute atomic E-state index is 0.228. The summed E-state index contributed by atoms with van der Waals surface area (Å²) in [5.41, 5.74) is 0.880. The number of para-hydroxylation sites is 1. The van der Waals surface area contributed by atoms with Gasteiger partial charge in [-0.3, -0.25) is 4.79 Å². The molecule has 2 unspecified atom stereocenters. The van der Waals surface area contributed by atoms with Crippen LogP contribution in [-0.4, -0.2) is 21.0 Å². The van der Waals surface area contributed by atoms with Gasteiger partial charge in [0.15, 0.2) is 5.82 Å². The summed E-state index contributed by atoms with van der Waals surface area (Å²) in [6.45, 7) is 0. The molecule has 2 atom stereocenters. The van der Waals surface area contributed by atoms with E-state index in [1.807, 2.05) is 12.2 Å². The summed E-state index contributed by atoms with van der Waals surface area (Å²) in [4.78, 5) is 18.6. The minimum atomic E-state index is -0.838. The lowest BCUT2D eigenvalue weighted by molar-refractivity contribution is -0.142. The standard InChI is InChI=1S/C14H13FN2O2/c15-10-6-3-7-11-12(10)17-13(16-11)8-4-1-2-5-9(8)14(18)19/h1-3,6-9H,4-5H2,(H,16,17)(H,18,19). The first-order valence-electron chi connectivity index (χ1n) is 6.18. The maximum Gasteiger partial charge on any atom is 0.307 e. The van der Waals surface area contributed by atoms with Crippen molar-refractivity contribution in [3.05, 3.63) is 42.0 Å². The summed E-state index contributed by atoms with van der Waals surface area (Å²) in [6.07, 6.45) is 4.92. The highest BCUT2D eigenvalue weighted by Crippen LogP contribution is 2.34. The summed E-state index contributed by atoms with van der Waals surface area (Å²) < 4.78 is 13.6. The monoisotopic (exact) mass is 260 g/mol. The van der Waals surface area contributed by atoms with Crippen molar-refractivity contribution in [3.63, 3.8) is 0 Å². The Morgan fingerprint density at radius 2 is 2.16 bits per heavy atom. The third-order valence-corrected chi connectivity index (χ3v) is 3.58. The molecule has 0 amide bonds. The number of nitrogens with zero attached hydrogens (tertiary/aromatic N) is 1. The molecule has 0 radical (unpaired) electrons. The van der Waals surface area contributed by atoms with Crippen molar-refractivity contribution in [1.29, 1.82) is 0 Å². The summed E-state index contributed by atoms with van der Waals surface area (Å²) >= 11 is 0. The number of hydrogen-bond acceptors (Lipinski definition) is 2. The third kappa shape index (κ3) is 2.01. The van der Waals surface area contributed by atoms with E-state index in [4.69, 9.17) is 0 Å². The van der Waals surface area contributed by atoms with Gasteiger partial charge in [0.25, 0.3) is 0 Å². The fourth-order valence-electron chi connectivity index (χ4n) is 2.58. The van der Waals surface area contributed by atoms with E-state index in [-0.39, 0.29) is 11.4 Å². The van der Waals surface area contributed by atoms with E-state index in [0.717, 1.165) is 0 Å². The van der Waals surface area contributed by atoms with Crippen molar-refractivity contribution in [3.8, 4) is 0 Å². The largest absolute Gasteiger partial charge is 0.481 e. The van der Waals surface area contributed by atoms with E-state index >= 15 is 0 Å². The van der Waals surface area contributed by atoms with Gasteiger partial charge in [-0.05, 0) is 25.0 Å². The molecule has 98 valence electrons. The number of nitrogens with one attached hydrogen (secondary N) is 1. The number of halogens is 1. The van der Waals surface area contributed by atoms with Crippen LogP contribution in [-0.2, 0) is 4.79 Å². The molecular weight excluding hydrogens is 247 g/mol. The van der Waals surface area contributed by atoms with Crippen LogP contribution in [0.2, 0.25) is 0 Å².